The van der Waals surface area contributed by atoms with Gasteiger partial charge in [0.2, 0.25) is 5.88 Å². The van der Waals surface area contributed by atoms with Crippen LogP contribution in [0.15, 0.2) is 4.42 Å². The summed E-state index contributed by atoms with van der Waals surface area (Å²) in [4.78, 5) is 3.94. The number of nitrogens with two attached hydrogens (primary N) is 1. The van der Waals surface area contributed by atoms with E-state index in [1.807, 2.05) is 0 Å². The molecular weight excluding hydrogens is 118 g/mol. The molecule has 1 aromatic rings. The van der Waals surface area contributed by atoms with Gasteiger partial charge in [-0.2, -0.15) is 4.98 Å². The number of aromatic nitrogens is 1. The molecule has 0 fully saturated rings. The second-order valence-electron chi connectivity index (χ2n) is 2.00. The molecular formula is C5H7N3O. The molecule has 48 valence electrons. The van der Waals surface area contributed by atoms with Crippen LogP contribution in [0, 0.1) is 0 Å². The van der Waals surface area contributed by atoms with Crippen LogP contribution in [-0.2, 0) is 6.42 Å². The van der Waals surface area contributed by atoms with Gasteiger partial charge in [0.1, 0.15) is 5.69 Å². The number of nitrogens with one attached hydrogen (secondary N) is 1. The van der Waals surface area contributed by atoms with E-state index >= 15 is 0 Å². The van der Waals surface area contributed by atoms with Gasteiger partial charge in [-0.3, -0.25) is 0 Å². The second-order valence-corrected chi connectivity index (χ2v) is 2.00. The minimum Gasteiger partial charge on any atom is -0.407 e. The van der Waals surface area contributed by atoms with Gasteiger partial charge in [0, 0.05) is 13.0 Å². The molecule has 0 radical (unpaired) electrons. The SMILES string of the molecule is Nc1nc2c(o1)NCC2. The minimum atomic E-state index is 0.257. The molecule has 0 atom stereocenters. The molecule has 1 aliphatic heterocycles. The highest BCUT2D eigenvalue weighted by atomic mass is 16.4. The van der Waals surface area contributed by atoms with E-state index in [2.05, 4.69) is 10.3 Å². The number of nitrogens with zero attached hydrogens (tertiary/aromatic N) is 1. The Morgan fingerprint density at radius 3 is 3.33 bits per heavy atom. The van der Waals surface area contributed by atoms with Crippen LogP contribution in [0.3, 0.4) is 0 Å². The molecule has 0 unspecified atom stereocenters. The third kappa shape index (κ3) is 0.558. The standard InChI is InChI=1S/C5H7N3O/c6-5-8-3-1-2-7-4(3)9-5/h7H,1-2H2,(H2,6,8). The first kappa shape index (κ1) is 4.67. The lowest BCUT2D eigenvalue weighted by atomic mass is 10.4. The molecule has 2 rings (SSSR count). The van der Waals surface area contributed by atoms with Gasteiger partial charge in [-0.05, 0) is 0 Å². The molecule has 3 N–H and O–H groups in total. The number of hydrogen-bond donors (Lipinski definition) is 2. The predicted molar refractivity (Wildman–Crippen MR) is 33.1 cm³/mol. The average molecular weight is 125 g/mol. The monoisotopic (exact) mass is 125 g/mol. The fourth-order valence-corrected chi connectivity index (χ4v) is 0.972. The highest BCUT2D eigenvalue weighted by Crippen LogP contribution is 2.23. The van der Waals surface area contributed by atoms with Crippen molar-refractivity contribution in [3.05, 3.63) is 5.69 Å². The number of fused-ring (bicyclic) bond motifs is 1. The van der Waals surface area contributed by atoms with Crippen LogP contribution >= 0.6 is 0 Å². The van der Waals surface area contributed by atoms with E-state index < -0.39 is 0 Å². The maximum absolute atomic E-state index is 5.27. The van der Waals surface area contributed by atoms with Crippen molar-refractivity contribution in [3.8, 4) is 0 Å². The summed E-state index contributed by atoms with van der Waals surface area (Å²) < 4.78 is 4.98. The summed E-state index contributed by atoms with van der Waals surface area (Å²) in [5, 5.41) is 3.01. The summed E-state index contributed by atoms with van der Waals surface area (Å²) in [6.45, 7) is 0.918. The van der Waals surface area contributed by atoms with Gasteiger partial charge in [0.15, 0.2) is 0 Å². The minimum absolute atomic E-state index is 0.257. The van der Waals surface area contributed by atoms with Crippen molar-refractivity contribution in [2.24, 2.45) is 0 Å². The largest absolute Gasteiger partial charge is 0.407 e. The van der Waals surface area contributed by atoms with Crippen molar-refractivity contribution in [1.82, 2.24) is 4.98 Å². The maximum atomic E-state index is 5.27. The summed E-state index contributed by atoms with van der Waals surface area (Å²) in [6, 6.07) is 0.257. The maximum Gasteiger partial charge on any atom is 0.293 e. The lowest BCUT2D eigenvalue weighted by molar-refractivity contribution is 0.595. The lowest BCUT2D eigenvalue weighted by Gasteiger charge is -1.86. The predicted octanol–water partition coefficient (Wildman–Crippen LogP) is 0.225. The smallest absolute Gasteiger partial charge is 0.293 e. The summed E-state index contributed by atoms with van der Waals surface area (Å²) in [7, 11) is 0. The highest BCUT2D eigenvalue weighted by Gasteiger charge is 2.15. The Bertz CT molecular complexity index is 209. The van der Waals surface area contributed by atoms with Crippen molar-refractivity contribution in [3.63, 3.8) is 0 Å². The number of hydrogen-bond acceptors (Lipinski definition) is 4. The zero-order chi connectivity index (χ0) is 6.27. The molecule has 1 aromatic heterocycles. The van der Waals surface area contributed by atoms with Gasteiger partial charge in [-0.15, -0.1) is 0 Å². The van der Waals surface area contributed by atoms with E-state index in [0.717, 1.165) is 24.5 Å². The summed E-state index contributed by atoms with van der Waals surface area (Å²) in [5.74, 6) is 0.743. The fourth-order valence-electron chi connectivity index (χ4n) is 0.972. The molecule has 0 saturated heterocycles. The number of nitrogen functional groups attached to an aromatic ring is 1. The molecule has 0 saturated carbocycles. The van der Waals surface area contributed by atoms with E-state index in [1.165, 1.54) is 0 Å². The van der Waals surface area contributed by atoms with E-state index in [1.54, 1.807) is 0 Å². The van der Waals surface area contributed by atoms with E-state index in [-0.39, 0.29) is 6.01 Å². The molecule has 2 heterocycles. The van der Waals surface area contributed by atoms with Crippen LogP contribution in [0.1, 0.15) is 5.69 Å². The summed E-state index contributed by atoms with van der Waals surface area (Å²) in [6.07, 6.45) is 0.927. The Morgan fingerprint density at radius 2 is 2.56 bits per heavy atom. The highest BCUT2D eigenvalue weighted by molar-refractivity contribution is 5.45. The quantitative estimate of drug-likeness (QED) is 0.520. The normalized spacial score (nSPS) is 15.1. The topological polar surface area (TPSA) is 64.1 Å². The molecule has 4 heteroatoms. The van der Waals surface area contributed by atoms with Crippen molar-refractivity contribution in [2.75, 3.05) is 17.6 Å². The first-order chi connectivity index (χ1) is 4.36. The van der Waals surface area contributed by atoms with E-state index in [0.29, 0.717) is 0 Å². The van der Waals surface area contributed by atoms with Gasteiger partial charge < -0.3 is 15.5 Å². The molecule has 0 spiro atoms. The first-order valence-electron chi connectivity index (χ1n) is 2.85. The fraction of sp³-hybridized carbons (Fsp3) is 0.400. The van der Waals surface area contributed by atoms with Crippen LogP contribution in [0.2, 0.25) is 0 Å². The van der Waals surface area contributed by atoms with Gasteiger partial charge in [0.05, 0.1) is 0 Å². The van der Waals surface area contributed by atoms with Crippen LogP contribution in [0.4, 0.5) is 11.9 Å². The first-order valence-corrected chi connectivity index (χ1v) is 2.85. The summed E-state index contributed by atoms with van der Waals surface area (Å²) in [5.41, 5.74) is 6.22. The Hall–Kier alpha value is -1.19. The number of oxazole rings is 1. The van der Waals surface area contributed by atoms with Crippen LogP contribution < -0.4 is 11.1 Å². The van der Waals surface area contributed by atoms with Crippen molar-refractivity contribution >= 4 is 11.9 Å². The molecule has 9 heavy (non-hydrogen) atoms. The Kier molecular flexibility index (Phi) is 0.726. The number of anilines is 2. The van der Waals surface area contributed by atoms with Gasteiger partial charge >= 0.3 is 0 Å². The van der Waals surface area contributed by atoms with Crippen LogP contribution in [0.5, 0.6) is 0 Å². The van der Waals surface area contributed by atoms with Crippen molar-refractivity contribution in [1.29, 1.82) is 0 Å². The zero-order valence-corrected chi connectivity index (χ0v) is 4.85. The number of rotatable bonds is 0. The van der Waals surface area contributed by atoms with Crippen molar-refractivity contribution in [2.45, 2.75) is 6.42 Å². The third-order valence-electron chi connectivity index (χ3n) is 1.36. The third-order valence-corrected chi connectivity index (χ3v) is 1.36. The molecule has 4 nitrogen and oxygen atoms in total. The van der Waals surface area contributed by atoms with Crippen LogP contribution in [0.25, 0.3) is 0 Å². The Morgan fingerprint density at radius 1 is 1.67 bits per heavy atom. The van der Waals surface area contributed by atoms with E-state index in [9.17, 15) is 0 Å². The average Bonchev–Trinajstić information content (AvgIpc) is 2.22. The zero-order valence-electron chi connectivity index (χ0n) is 4.85. The second kappa shape index (κ2) is 1.40. The van der Waals surface area contributed by atoms with Crippen molar-refractivity contribution < 1.29 is 4.42 Å². The van der Waals surface area contributed by atoms with E-state index in [4.69, 9.17) is 10.2 Å². The molecule has 0 amide bonds. The molecule has 0 aliphatic carbocycles. The Labute approximate surface area is 52.1 Å². The van der Waals surface area contributed by atoms with Gasteiger partial charge in [-0.25, -0.2) is 0 Å². The lowest BCUT2D eigenvalue weighted by Crippen LogP contribution is -1.93. The molecule has 0 aromatic carbocycles. The Balaban J connectivity index is 2.51. The van der Waals surface area contributed by atoms with Gasteiger partial charge in [-0.1, -0.05) is 0 Å². The van der Waals surface area contributed by atoms with Gasteiger partial charge in [0.25, 0.3) is 6.01 Å². The molecule has 1 aliphatic rings. The summed E-state index contributed by atoms with van der Waals surface area (Å²) >= 11 is 0. The molecule has 0 bridgehead atoms. The van der Waals surface area contributed by atoms with Crippen LogP contribution in [-0.4, -0.2) is 11.5 Å².